The standard InChI is InChI=1S/C20H25N5O3/c1-14-19(15(2)25(22-14)16-6-4-3-5-7-16)17-13-28-11-10-23(17)8-9-24-18(26)12-21-20(24)27/h3-7,17H,8-13H2,1-2H3,(H,21,27). The van der Waals surface area contributed by atoms with Crippen LogP contribution in [-0.2, 0) is 9.53 Å². The number of carbonyl (C=O) groups excluding carboxylic acids is 2. The SMILES string of the molecule is Cc1nn(-c2ccccc2)c(C)c1C1COCCN1CCN1C(=O)CNC1=O. The van der Waals surface area contributed by atoms with Gasteiger partial charge >= 0.3 is 6.03 Å². The van der Waals surface area contributed by atoms with E-state index in [4.69, 9.17) is 9.84 Å². The molecule has 2 fully saturated rings. The number of aryl methyl sites for hydroxylation is 1. The second kappa shape index (κ2) is 7.73. The van der Waals surface area contributed by atoms with Crippen LogP contribution in [0.1, 0.15) is 23.0 Å². The van der Waals surface area contributed by atoms with Gasteiger partial charge in [-0.25, -0.2) is 9.48 Å². The van der Waals surface area contributed by atoms with Crippen molar-refractivity contribution < 1.29 is 14.3 Å². The molecule has 1 N–H and O–H groups in total. The fourth-order valence-corrected chi connectivity index (χ4v) is 4.04. The fraction of sp³-hybridized carbons (Fsp3) is 0.450. The first-order valence-electron chi connectivity index (χ1n) is 9.58. The highest BCUT2D eigenvalue weighted by Crippen LogP contribution is 2.30. The van der Waals surface area contributed by atoms with Crippen molar-refractivity contribution in [2.24, 2.45) is 0 Å². The zero-order valence-corrected chi connectivity index (χ0v) is 16.2. The number of hydrogen-bond donors (Lipinski definition) is 1. The van der Waals surface area contributed by atoms with Crippen LogP contribution in [0.25, 0.3) is 5.69 Å². The highest BCUT2D eigenvalue weighted by Gasteiger charge is 2.33. The number of aromatic nitrogens is 2. The largest absolute Gasteiger partial charge is 0.378 e. The van der Waals surface area contributed by atoms with E-state index in [1.54, 1.807) is 0 Å². The van der Waals surface area contributed by atoms with Crippen LogP contribution < -0.4 is 5.32 Å². The molecule has 0 aliphatic carbocycles. The minimum absolute atomic E-state index is 0.0481. The Morgan fingerprint density at radius 2 is 1.96 bits per heavy atom. The van der Waals surface area contributed by atoms with Crippen molar-refractivity contribution in [2.75, 3.05) is 39.4 Å². The van der Waals surface area contributed by atoms with E-state index in [1.807, 2.05) is 41.9 Å². The van der Waals surface area contributed by atoms with Gasteiger partial charge in [-0.15, -0.1) is 0 Å². The lowest BCUT2D eigenvalue weighted by Crippen LogP contribution is -2.45. The number of nitrogens with zero attached hydrogens (tertiary/aromatic N) is 4. The average Bonchev–Trinajstić information content (AvgIpc) is 3.19. The molecule has 4 rings (SSSR count). The summed E-state index contributed by atoms with van der Waals surface area (Å²) in [7, 11) is 0. The minimum Gasteiger partial charge on any atom is -0.378 e. The van der Waals surface area contributed by atoms with Gasteiger partial charge in [-0.3, -0.25) is 14.6 Å². The van der Waals surface area contributed by atoms with E-state index in [1.165, 1.54) is 4.90 Å². The van der Waals surface area contributed by atoms with Crippen LogP contribution in [0.5, 0.6) is 0 Å². The summed E-state index contributed by atoms with van der Waals surface area (Å²) in [5.74, 6) is -0.168. The van der Waals surface area contributed by atoms with Crippen molar-refractivity contribution in [1.29, 1.82) is 0 Å². The lowest BCUT2D eigenvalue weighted by molar-refractivity contribution is -0.125. The Kier molecular flexibility index (Phi) is 5.15. The van der Waals surface area contributed by atoms with Gasteiger partial charge in [0.15, 0.2) is 0 Å². The molecule has 2 aromatic rings. The number of amides is 3. The normalized spacial score (nSPS) is 20.6. The molecule has 3 amide bonds. The molecule has 8 heteroatoms. The number of rotatable bonds is 5. The Balaban J connectivity index is 1.57. The minimum atomic E-state index is -0.306. The van der Waals surface area contributed by atoms with E-state index in [0.29, 0.717) is 26.3 Å². The number of benzene rings is 1. The smallest absolute Gasteiger partial charge is 0.324 e. The summed E-state index contributed by atoms with van der Waals surface area (Å²) >= 11 is 0. The average molecular weight is 383 g/mol. The van der Waals surface area contributed by atoms with Gasteiger partial charge in [0, 0.05) is 30.9 Å². The Morgan fingerprint density at radius 1 is 1.18 bits per heavy atom. The second-order valence-electron chi connectivity index (χ2n) is 7.16. The monoisotopic (exact) mass is 383 g/mol. The summed E-state index contributed by atoms with van der Waals surface area (Å²) in [6, 6.07) is 9.80. The molecule has 1 aromatic heterocycles. The molecule has 0 spiro atoms. The molecule has 0 bridgehead atoms. The van der Waals surface area contributed by atoms with Gasteiger partial charge in [0.1, 0.15) is 0 Å². The zero-order chi connectivity index (χ0) is 19.7. The van der Waals surface area contributed by atoms with Gasteiger partial charge in [0.2, 0.25) is 5.91 Å². The molecule has 3 heterocycles. The Morgan fingerprint density at radius 3 is 2.68 bits per heavy atom. The van der Waals surface area contributed by atoms with Crippen LogP contribution in [0.3, 0.4) is 0 Å². The lowest BCUT2D eigenvalue weighted by Gasteiger charge is -2.36. The van der Waals surface area contributed by atoms with E-state index in [2.05, 4.69) is 17.1 Å². The first-order valence-corrected chi connectivity index (χ1v) is 9.58. The van der Waals surface area contributed by atoms with Gasteiger partial charge in [-0.2, -0.15) is 5.10 Å². The summed E-state index contributed by atoms with van der Waals surface area (Å²) < 4.78 is 7.73. The van der Waals surface area contributed by atoms with Crippen molar-refractivity contribution in [3.8, 4) is 5.69 Å². The Hall–Kier alpha value is -2.71. The van der Waals surface area contributed by atoms with E-state index >= 15 is 0 Å². The molecule has 148 valence electrons. The maximum absolute atomic E-state index is 11.9. The van der Waals surface area contributed by atoms with Crippen LogP contribution in [-0.4, -0.2) is 70.9 Å². The van der Waals surface area contributed by atoms with E-state index in [9.17, 15) is 9.59 Å². The molecule has 1 atom stereocenters. The number of nitrogens with one attached hydrogen (secondary N) is 1. The van der Waals surface area contributed by atoms with Crippen molar-refractivity contribution in [2.45, 2.75) is 19.9 Å². The Labute approximate surface area is 164 Å². The summed E-state index contributed by atoms with van der Waals surface area (Å²) in [5, 5.41) is 7.33. The molecular weight excluding hydrogens is 358 g/mol. The quantitative estimate of drug-likeness (QED) is 0.790. The first kappa shape index (κ1) is 18.6. The molecule has 0 saturated carbocycles. The fourth-order valence-electron chi connectivity index (χ4n) is 4.04. The van der Waals surface area contributed by atoms with Crippen LogP contribution in [0.15, 0.2) is 30.3 Å². The molecule has 1 aromatic carbocycles. The summed E-state index contributed by atoms with van der Waals surface area (Å²) in [6.07, 6.45) is 0. The van der Waals surface area contributed by atoms with E-state index in [0.717, 1.165) is 29.2 Å². The molecule has 2 aliphatic rings. The number of urea groups is 1. The predicted molar refractivity (Wildman–Crippen MR) is 103 cm³/mol. The number of ether oxygens (including phenoxy) is 1. The number of para-hydroxylation sites is 1. The third-order valence-corrected chi connectivity index (χ3v) is 5.47. The van der Waals surface area contributed by atoms with Crippen LogP contribution in [0.2, 0.25) is 0 Å². The lowest BCUT2D eigenvalue weighted by atomic mass is 10.0. The van der Waals surface area contributed by atoms with Gasteiger partial charge in [-0.1, -0.05) is 18.2 Å². The van der Waals surface area contributed by atoms with E-state index < -0.39 is 0 Å². The van der Waals surface area contributed by atoms with Crippen molar-refractivity contribution >= 4 is 11.9 Å². The van der Waals surface area contributed by atoms with Crippen molar-refractivity contribution in [3.05, 3.63) is 47.3 Å². The predicted octanol–water partition coefficient (Wildman–Crippen LogP) is 1.41. The number of imide groups is 1. The third-order valence-electron chi connectivity index (χ3n) is 5.47. The maximum atomic E-state index is 11.9. The topological polar surface area (TPSA) is 79.7 Å². The summed E-state index contributed by atoms with van der Waals surface area (Å²) in [6.45, 7) is 7.15. The van der Waals surface area contributed by atoms with Crippen LogP contribution in [0.4, 0.5) is 4.79 Å². The number of morpholine rings is 1. The molecular formula is C20H25N5O3. The molecule has 8 nitrogen and oxygen atoms in total. The molecule has 2 saturated heterocycles. The number of carbonyl (C=O) groups is 2. The van der Waals surface area contributed by atoms with E-state index in [-0.39, 0.29) is 24.5 Å². The maximum Gasteiger partial charge on any atom is 0.324 e. The van der Waals surface area contributed by atoms with Crippen LogP contribution in [0, 0.1) is 13.8 Å². The molecule has 2 aliphatic heterocycles. The summed E-state index contributed by atoms with van der Waals surface area (Å²) in [4.78, 5) is 27.3. The van der Waals surface area contributed by atoms with Gasteiger partial charge in [0.05, 0.1) is 37.2 Å². The highest BCUT2D eigenvalue weighted by atomic mass is 16.5. The first-order chi connectivity index (χ1) is 13.6. The molecule has 28 heavy (non-hydrogen) atoms. The third kappa shape index (κ3) is 3.41. The summed E-state index contributed by atoms with van der Waals surface area (Å²) in [5.41, 5.74) is 4.23. The second-order valence-corrected chi connectivity index (χ2v) is 7.16. The zero-order valence-electron chi connectivity index (χ0n) is 16.2. The highest BCUT2D eigenvalue weighted by molar-refractivity contribution is 6.01. The van der Waals surface area contributed by atoms with Gasteiger partial charge in [-0.05, 0) is 26.0 Å². The molecule has 1 unspecified atom stereocenters. The van der Waals surface area contributed by atoms with Crippen molar-refractivity contribution in [3.63, 3.8) is 0 Å². The Bertz CT molecular complexity index is 863. The van der Waals surface area contributed by atoms with Gasteiger partial charge < -0.3 is 10.1 Å². The van der Waals surface area contributed by atoms with Crippen molar-refractivity contribution in [1.82, 2.24) is 24.9 Å². The van der Waals surface area contributed by atoms with Crippen LogP contribution >= 0.6 is 0 Å². The van der Waals surface area contributed by atoms with Gasteiger partial charge in [0.25, 0.3) is 0 Å². The number of hydrogen-bond acceptors (Lipinski definition) is 5. The molecule has 0 radical (unpaired) electrons.